The maximum Gasteiger partial charge on any atom is 0.418 e. The lowest BCUT2D eigenvalue weighted by atomic mass is 9.93. The van der Waals surface area contributed by atoms with Crippen molar-refractivity contribution in [2.24, 2.45) is 0 Å². The van der Waals surface area contributed by atoms with Crippen LogP contribution < -0.4 is 0 Å². The summed E-state index contributed by atoms with van der Waals surface area (Å²) in [4.78, 5) is 12.1. The highest BCUT2D eigenvalue weighted by atomic mass is 35.5. The lowest BCUT2D eigenvalue weighted by Crippen LogP contribution is -2.15. The summed E-state index contributed by atoms with van der Waals surface area (Å²) in [6.07, 6.45) is -0.274. The normalized spacial score (nSPS) is 11.3. The first-order valence-corrected chi connectivity index (χ1v) is 8.86. The zero-order valence-corrected chi connectivity index (χ0v) is 16.1. The number of esters is 1. The SMILES string of the molecule is C=Cc1c(C(=O)OC)cc(Cc2ccc(-n3cccn3)cc2)c(C(F)(F)F)c1Cl. The third-order valence-electron chi connectivity index (χ3n) is 4.38. The van der Waals surface area contributed by atoms with Crippen LogP contribution in [0.2, 0.25) is 5.02 Å². The smallest absolute Gasteiger partial charge is 0.418 e. The van der Waals surface area contributed by atoms with E-state index in [1.54, 1.807) is 47.4 Å². The lowest BCUT2D eigenvalue weighted by molar-refractivity contribution is -0.138. The van der Waals surface area contributed by atoms with Gasteiger partial charge >= 0.3 is 12.1 Å². The van der Waals surface area contributed by atoms with Crippen molar-refractivity contribution in [2.75, 3.05) is 7.11 Å². The molecule has 0 saturated heterocycles. The Kier molecular flexibility index (Phi) is 5.79. The molecule has 1 aromatic heterocycles. The van der Waals surface area contributed by atoms with E-state index < -0.39 is 22.7 Å². The van der Waals surface area contributed by atoms with E-state index in [2.05, 4.69) is 16.4 Å². The Hall–Kier alpha value is -3.06. The van der Waals surface area contributed by atoms with Gasteiger partial charge in [-0.3, -0.25) is 0 Å². The summed E-state index contributed by atoms with van der Waals surface area (Å²) in [7, 11) is 1.15. The molecule has 1 heterocycles. The number of carbonyl (C=O) groups excluding carboxylic acids is 1. The summed E-state index contributed by atoms with van der Waals surface area (Å²) in [6, 6.07) is 9.82. The van der Waals surface area contributed by atoms with Crippen LogP contribution in [0.5, 0.6) is 0 Å². The Morgan fingerprint density at radius 3 is 2.52 bits per heavy atom. The van der Waals surface area contributed by atoms with E-state index >= 15 is 0 Å². The molecule has 0 N–H and O–H groups in total. The Balaban J connectivity index is 2.08. The monoisotopic (exact) mass is 420 g/mol. The van der Waals surface area contributed by atoms with Crippen molar-refractivity contribution in [3.8, 4) is 5.69 Å². The summed E-state index contributed by atoms with van der Waals surface area (Å²) in [5, 5.41) is 3.54. The molecule has 0 amide bonds. The Morgan fingerprint density at radius 2 is 2.00 bits per heavy atom. The van der Waals surface area contributed by atoms with Crippen molar-refractivity contribution in [3.63, 3.8) is 0 Å². The van der Waals surface area contributed by atoms with E-state index in [4.69, 9.17) is 11.6 Å². The molecule has 150 valence electrons. The van der Waals surface area contributed by atoms with E-state index in [9.17, 15) is 18.0 Å². The van der Waals surface area contributed by atoms with Crippen molar-refractivity contribution in [3.05, 3.63) is 88.2 Å². The van der Waals surface area contributed by atoms with Crippen molar-refractivity contribution in [1.29, 1.82) is 0 Å². The number of aromatic nitrogens is 2. The van der Waals surface area contributed by atoms with Gasteiger partial charge in [-0.25, -0.2) is 9.48 Å². The van der Waals surface area contributed by atoms with Crippen LogP contribution in [0.25, 0.3) is 11.8 Å². The van der Waals surface area contributed by atoms with Crippen molar-refractivity contribution >= 4 is 23.6 Å². The Bertz CT molecular complexity index is 1040. The molecule has 29 heavy (non-hydrogen) atoms. The second-order valence-electron chi connectivity index (χ2n) is 6.17. The fourth-order valence-corrected chi connectivity index (χ4v) is 3.46. The van der Waals surface area contributed by atoms with Crippen LogP contribution in [0.4, 0.5) is 13.2 Å². The molecular weight excluding hydrogens is 405 g/mol. The number of halogens is 4. The molecule has 3 rings (SSSR count). The number of nitrogens with zero attached hydrogens (tertiary/aromatic N) is 2. The fraction of sp³-hybridized carbons (Fsp3) is 0.143. The molecule has 4 nitrogen and oxygen atoms in total. The van der Waals surface area contributed by atoms with E-state index in [1.807, 2.05) is 0 Å². The number of benzene rings is 2. The largest absolute Gasteiger partial charge is 0.465 e. The predicted molar refractivity (Wildman–Crippen MR) is 104 cm³/mol. The number of hydrogen-bond donors (Lipinski definition) is 0. The highest BCUT2D eigenvalue weighted by Gasteiger charge is 2.38. The summed E-state index contributed by atoms with van der Waals surface area (Å²) in [5.41, 5.74) is 0.0974. The second kappa shape index (κ2) is 8.13. The van der Waals surface area contributed by atoms with Crippen LogP contribution in [-0.4, -0.2) is 22.9 Å². The molecule has 0 spiro atoms. The van der Waals surface area contributed by atoms with Crippen molar-refractivity contribution < 1.29 is 22.7 Å². The summed E-state index contributed by atoms with van der Waals surface area (Å²) in [5.74, 6) is -0.786. The van der Waals surface area contributed by atoms with Crippen molar-refractivity contribution in [2.45, 2.75) is 12.6 Å². The van der Waals surface area contributed by atoms with E-state index in [1.165, 1.54) is 6.07 Å². The molecule has 3 aromatic rings. The average Bonchev–Trinajstić information content (AvgIpc) is 3.21. The molecule has 8 heteroatoms. The highest BCUT2D eigenvalue weighted by molar-refractivity contribution is 6.33. The quantitative estimate of drug-likeness (QED) is 0.507. The first-order chi connectivity index (χ1) is 13.8. The van der Waals surface area contributed by atoms with Gasteiger partial charge in [-0.05, 0) is 41.8 Å². The van der Waals surface area contributed by atoms with Gasteiger partial charge < -0.3 is 4.74 Å². The molecule has 0 aliphatic carbocycles. The Morgan fingerprint density at radius 1 is 1.31 bits per heavy atom. The number of rotatable bonds is 5. The number of alkyl halides is 3. The van der Waals surface area contributed by atoms with E-state index in [0.29, 0.717) is 5.56 Å². The zero-order chi connectivity index (χ0) is 21.2. The van der Waals surface area contributed by atoms with Crippen LogP contribution in [0.1, 0.15) is 32.6 Å². The molecule has 0 aliphatic heterocycles. The molecule has 2 aromatic carbocycles. The summed E-state index contributed by atoms with van der Waals surface area (Å²) < 4.78 is 47.6. The topological polar surface area (TPSA) is 44.1 Å². The molecule has 0 fully saturated rings. The van der Waals surface area contributed by atoms with Crippen molar-refractivity contribution in [1.82, 2.24) is 9.78 Å². The molecule has 0 radical (unpaired) electrons. The predicted octanol–water partition coefficient (Wildman–Crippen LogP) is 5.56. The summed E-state index contributed by atoms with van der Waals surface area (Å²) >= 11 is 6.05. The van der Waals surface area contributed by atoms with E-state index in [0.717, 1.165) is 18.9 Å². The number of methoxy groups -OCH3 is 1. The van der Waals surface area contributed by atoms with Gasteiger partial charge in [0.05, 0.1) is 28.9 Å². The fourth-order valence-electron chi connectivity index (χ4n) is 3.05. The van der Waals surface area contributed by atoms with Gasteiger partial charge in [-0.15, -0.1) is 0 Å². The van der Waals surface area contributed by atoms with Gasteiger partial charge in [-0.1, -0.05) is 36.4 Å². The van der Waals surface area contributed by atoms with Crippen LogP contribution >= 0.6 is 11.6 Å². The Labute approximate surface area is 170 Å². The van der Waals surface area contributed by atoms with Gasteiger partial charge in [0.1, 0.15) is 0 Å². The molecular formula is C21H16ClF3N2O2. The van der Waals surface area contributed by atoms with Gasteiger partial charge in [0.25, 0.3) is 0 Å². The van der Waals surface area contributed by atoms with Crippen LogP contribution in [0.15, 0.2) is 55.4 Å². The van der Waals surface area contributed by atoms with E-state index in [-0.39, 0.29) is 23.1 Å². The molecule has 0 atom stereocenters. The van der Waals surface area contributed by atoms with Gasteiger partial charge in [0.15, 0.2) is 0 Å². The number of carbonyl (C=O) groups is 1. The lowest BCUT2D eigenvalue weighted by Gasteiger charge is -2.19. The van der Waals surface area contributed by atoms with Gasteiger partial charge in [0.2, 0.25) is 0 Å². The number of ether oxygens (including phenoxy) is 1. The molecule has 0 aliphatic rings. The van der Waals surface area contributed by atoms with Gasteiger partial charge in [0, 0.05) is 18.0 Å². The first kappa shape index (κ1) is 20.7. The standard InChI is InChI=1S/C21H16ClF3N2O2/c1-3-16-17(20(28)29-2)12-14(18(19(16)22)21(23,24)25)11-13-5-7-15(8-6-13)27-10-4-9-26-27/h3-10,12H,1,11H2,2H3. The second-order valence-corrected chi connectivity index (χ2v) is 6.55. The average molecular weight is 421 g/mol. The maximum atomic E-state index is 13.7. The minimum atomic E-state index is -4.70. The third-order valence-corrected chi connectivity index (χ3v) is 4.77. The maximum absolute atomic E-state index is 13.7. The number of hydrogen-bond acceptors (Lipinski definition) is 3. The highest BCUT2D eigenvalue weighted by Crippen LogP contribution is 2.41. The minimum Gasteiger partial charge on any atom is -0.465 e. The molecule has 0 saturated carbocycles. The van der Waals surface area contributed by atoms with Crippen LogP contribution in [0.3, 0.4) is 0 Å². The van der Waals surface area contributed by atoms with Gasteiger partial charge in [-0.2, -0.15) is 18.3 Å². The molecule has 0 unspecified atom stereocenters. The van der Waals surface area contributed by atoms with Crippen LogP contribution in [-0.2, 0) is 17.3 Å². The zero-order valence-electron chi connectivity index (χ0n) is 15.3. The van der Waals surface area contributed by atoms with Crippen LogP contribution in [0, 0.1) is 0 Å². The minimum absolute atomic E-state index is 0.0661. The molecule has 0 bridgehead atoms. The third kappa shape index (κ3) is 4.19. The summed E-state index contributed by atoms with van der Waals surface area (Å²) in [6.45, 7) is 3.47. The first-order valence-electron chi connectivity index (χ1n) is 8.48.